The maximum Gasteiger partial charge on any atom is 0.229 e. The molecule has 5 atom stereocenters. The molecule has 2 aromatic carbocycles. The van der Waals surface area contributed by atoms with Gasteiger partial charge in [0.2, 0.25) is 6.29 Å². The molecule has 0 radical (unpaired) electrons. The second kappa shape index (κ2) is 7.95. The number of aliphatic hydroxyl groups excluding tert-OH is 4. The molecule has 2 aromatic rings. The molecule has 0 amide bonds. The molecule has 1 aliphatic rings. The third-order valence-electron chi connectivity index (χ3n) is 4.28. The zero-order valence-electron chi connectivity index (χ0n) is 13.6. The Kier molecular flexibility index (Phi) is 5.67. The monoisotopic (exact) mass is 346 g/mol. The lowest BCUT2D eigenvalue weighted by molar-refractivity contribution is -0.277. The molecule has 1 saturated heterocycles. The lowest BCUT2D eigenvalue weighted by atomic mass is 9.99. The largest absolute Gasteiger partial charge is 0.462 e. The Labute approximate surface area is 145 Å². The predicted octanol–water partition coefficient (Wildman–Crippen LogP) is 0.456. The maximum atomic E-state index is 9.99. The van der Waals surface area contributed by atoms with E-state index in [2.05, 4.69) is 12.1 Å². The highest BCUT2D eigenvalue weighted by Crippen LogP contribution is 2.24. The Balaban J connectivity index is 1.64. The summed E-state index contributed by atoms with van der Waals surface area (Å²) in [7, 11) is 0. The molecule has 0 spiro atoms. The second-order valence-electron chi connectivity index (χ2n) is 6.12. The van der Waals surface area contributed by atoms with Gasteiger partial charge in [0.15, 0.2) is 0 Å². The van der Waals surface area contributed by atoms with Gasteiger partial charge in [0.05, 0.1) is 6.61 Å². The van der Waals surface area contributed by atoms with E-state index in [1.54, 1.807) is 12.1 Å². The molecular formula is C19H22O6. The van der Waals surface area contributed by atoms with E-state index < -0.39 is 37.3 Å². The van der Waals surface area contributed by atoms with Crippen LogP contribution in [0.1, 0.15) is 11.1 Å². The number of benzene rings is 2. The molecule has 0 unspecified atom stereocenters. The summed E-state index contributed by atoms with van der Waals surface area (Å²) in [5.74, 6) is 0.459. The van der Waals surface area contributed by atoms with Crippen LogP contribution >= 0.6 is 0 Å². The van der Waals surface area contributed by atoms with E-state index in [-0.39, 0.29) is 0 Å². The van der Waals surface area contributed by atoms with Gasteiger partial charge < -0.3 is 29.9 Å². The quantitative estimate of drug-likeness (QED) is 0.628. The van der Waals surface area contributed by atoms with Gasteiger partial charge >= 0.3 is 0 Å². The van der Waals surface area contributed by atoms with Crippen LogP contribution in [-0.2, 0) is 11.2 Å². The first-order valence-corrected chi connectivity index (χ1v) is 8.18. The van der Waals surface area contributed by atoms with Crippen LogP contribution < -0.4 is 4.74 Å². The number of aliphatic hydroxyl groups is 4. The lowest BCUT2D eigenvalue weighted by Gasteiger charge is -2.39. The van der Waals surface area contributed by atoms with Crippen LogP contribution in [0.4, 0.5) is 0 Å². The summed E-state index contributed by atoms with van der Waals surface area (Å²) >= 11 is 0. The van der Waals surface area contributed by atoms with E-state index in [0.29, 0.717) is 5.75 Å². The topological polar surface area (TPSA) is 99.4 Å². The third kappa shape index (κ3) is 4.18. The molecule has 0 bridgehead atoms. The number of rotatable bonds is 5. The first kappa shape index (κ1) is 17.8. The first-order valence-electron chi connectivity index (χ1n) is 8.18. The van der Waals surface area contributed by atoms with Gasteiger partial charge in [0, 0.05) is 0 Å². The van der Waals surface area contributed by atoms with Crippen molar-refractivity contribution in [2.45, 2.75) is 37.1 Å². The smallest absolute Gasteiger partial charge is 0.229 e. The van der Waals surface area contributed by atoms with Crippen molar-refractivity contribution < 1.29 is 29.9 Å². The molecule has 0 aliphatic carbocycles. The molecule has 25 heavy (non-hydrogen) atoms. The van der Waals surface area contributed by atoms with Gasteiger partial charge in [-0.25, -0.2) is 0 Å². The van der Waals surface area contributed by atoms with Gasteiger partial charge in [-0.2, -0.15) is 0 Å². The van der Waals surface area contributed by atoms with E-state index in [1.165, 1.54) is 5.56 Å². The maximum absolute atomic E-state index is 9.99. The standard InChI is InChI=1S/C19H22O6/c20-11-15-16(21)17(22)18(23)19(25-15)24-14-8-6-13(7-9-14)10-12-4-2-1-3-5-12/h1-9,15-23H,10-11H2/t15-,16-,17+,18-,19-/m1/s1. The summed E-state index contributed by atoms with van der Waals surface area (Å²) in [6.45, 7) is -0.485. The Hall–Kier alpha value is -1.96. The fraction of sp³-hybridized carbons (Fsp3) is 0.368. The van der Waals surface area contributed by atoms with Gasteiger partial charge in [0.25, 0.3) is 0 Å². The third-order valence-corrected chi connectivity index (χ3v) is 4.28. The van der Waals surface area contributed by atoms with Crippen molar-refractivity contribution in [3.63, 3.8) is 0 Å². The summed E-state index contributed by atoms with van der Waals surface area (Å²) in [5, 5.41) is 38.7. The number of hydrogen-bond acceptors (Lipinski definition) is 6. The van der Waals surface area contributed by atoms with Crippen molar-refractivity contribution in [3.8, 4) is 5.75 Å². The van der Waals surface area contributed by atoms with Gasteiger partial charge in [-0.15, -0.1) is 0 Å². The van der Waals surface area contributed by atoms with Crippen LogP contribution in [0.3, 0.4) is 0 Å². The molecule has 0 saturated carbocycles. The first-order chi connectivity index (χ1) is 12.1. The fourth-order valence-corrected chi connectivity index (χ4v) is 2.82. The fourth-order valence-electron chi connectivity index (χ4n) is 2.82. The predicted molar refractivity (Wildman–Crippen MR) is 90.1 cm³/mol. The van der Waals surface area contributed by atoms with E-state index in [9.17, 15) is 20.4 Å². The summed E-state index contributed by atoms with van der Waals surface area (Å²) < 4.78 is 10.9. The van der Waals surface area contributed by atoms with Gasteiger partial charge in [0.1, 0.15) is 30.2 Å². The molecule has 4 N–H and O–H groups in total. The minimum absolute atomic E-state index is 0.459. The Morgan fingerprint density at radius 2 is 1.44 bits per heavy atom. The van der Waals surface area contributed by atoms with Gasteiger partial charge in [-0.3, -0.25) is 0 Å². The molecule has 1 fully saturated rings. The van der Waals surface area contributed by atoms with Crippen molar-refractivity contribution in [2.24, 2.45) is 0 Å². The zero-order chi connectivity index (χ0) is 17.8. The number of ether oxygens (including phenoxy) is 2. The molecular weight excluding hydrogens is 324 g/mol. The van der Waals surface area contributed by atoms with Crippen LogP contribution in [-0.4, -0.2) is 57.7 Å². The zero-order valence-corrected chi connectivity index (χ0v) is 13.6. The van der Waals surface area contributed by atoms with E-state index in [0.717, 1.165) is 12.0 Å². The van der Waals surface area contributed by atoms with E-state index >= 15 is 0 Å². The Morgan fingerprint density at radius 3 is 2.08 bits per heavy atom. The van der Waals surface area contributed by atoms with Crippen LogP contribution in [0, 0.1) is 0 Å². The van der Waals surface area contributed by atoms with E-state index in [4.69, 9.17) is 9.47 Å². The van der Waals surface area contributed by atoms with Crippen molar-refractivity contribution in [2.75, 3.05) is 6.61 Å². The van der Waals surface area contributed by atoms with Crippen LogP contribution in [0.15, 0.2) is 54.6 Å². The van der Waals surface area contributed by atoms with Crippen molar-refractivity contribution in [3.05, 3.63) is 65.7 Å². The molecule has 0 aromatic heterocycles. The Morgan fingerprint density at radius 1 is 0.800 bits per heavy atom. The van der Waals surface area contributed by atoms with Crippen LogP contribution in [0.2, 0.25) is 0 Å². The highest BCUT2D eigenvalue weighted by molar-refractivity contribution is 5.31. The highest BCUT2D eigenvalue weighted by atomic mass is 16.7. The summed E-state index contributed by atoms with van der Waals surface area (Å²) in [6.07, 6.45) is -5.62. The Bertz CT molecular complexity index is 657. The molecule has 6 heteroatoms. The van der Waals surface area contributed by atoms with Crippen LogP contribution in [0.25, 0.3) is 0 Å². The van der Waals surface area contributed by atoms with Crippen molar-refractivity contribution >= 4 is 0 Å². The minimum Gasteiger partial charge on any atom is -0.462 e. The normalized spacial score (nSPS) is 29.4. The molecule has 6 nitrogen and oxygen atoms in total. The van der Waals surface area contributed by atoms with Crippen LogP contribution in [0.5, 0.6) is 5.75 Å². The summed E-state index contributed by atoms with van der Waals surface area (Å²) in [5.41, 5.74) is 2.30. The average Bonchev–Trinajstić information content (AvgIpc) is 2.64. The second-order valence-corrected chi connectivity index (χ2v) is 6.12. The number of hydrogen-bond donors (Lipinski definition) is 4. The minimum atomic E-state index is -1.45. The highest BCUT2D eigenvalue weighted by Gasteiger charge is 2.44. The summed E-state index contributed by atoms with van der Waals surface area (Å²) in [6, 6.07) is 17.4. The SMILES string of the molecule is OC[C@H]1O[C@@H](Oc2ccc(Cc3ccccc3)cc2)[C@H](O)[C@@H](O)[C@@H]1O. The molecule has 1 heterocycles. The van der Waals surface area contributed by atoms with Gasteiger partial charge in [-0.1, -0.05) is 42.5 Å². The molecule has 134 valence electrons. The van der Waals surface area contributed by atoms with Crippen molar-refractivity contribution in [1.29, 1.82) is 0 Å². The summed E-state index contributed by atoms with van der Waals surface area (Å²) in [4.78, 5) is 0. The molecule has 3 rings (SSSR count). The van der Waals surface area contributed by atoms with E-state index in [1.807, 2.05) is 30.3 Å². The van der Waals surface area contributed by atoms with Gasteiger partial charge in [-0.05, 0) is 29.7 Å². The lowest BCUT2D eigenvalue weighted by Crippen LogP contribution is -2.60. The average molecular weight is 346 g/mol. The molecule has 1 aliphatic heterocycles. The van der Waals surface area contributed by atoms with Crippen molar-refractivity contribution in [1.82, 2.24) is 0 Å².